The average Bonchev–Trinajstić information content (AvgIpc) is 2.55. The molecule has 2 rings (SSSR count). The van der Waals surface area contributed by atoms with E-state index in [-0.39, 0.29) is 17.7 Å². The van der Waals surface area contributed by atoms with E-state index in [2.05, 4.69) is 21.2 Å². The molecule has 0 fully saturated rings. The molecule has 0 spiro atoms. The highest BCUT2D eigenvalue weighted by Crippen LogP contribution is 2.18. The van der Waals surface area contributed by atoms with Crippen LogP contribution in [0, 0.1) is 0 Å². The smallest absolute Gasteiger partial charge is 0.308 e. The molecule has 0 aliphatic carbocycles. The Labute approximate surface area is 153 Å². The summed E-state index contributed by atoms with van der Waals surface area (Å²) in [6.07, 6.45) is 0.256. The standard InChI is InChI=1S/C18H17BrN2O4/c1-11(22)25-14-7-4-6-13(9-14)18(24)21-16(17(20)23)10-12-5-2-3-8-15(12)19/h2-9,16H,10H2,1H3,(H2,20,23)(H,21,24)/t16-/m0/s1. The van der Waals surface area contributed by atoms with Crippen molar-refractivity contribution in [2.45, 2.75) is 19.4 Å². The molecule has 130 valence electrons. The molecule has 6 nitrogen and oxygen atoms in total. The highest BCUT2D eigenvalue weighted by atomic mass is 79.9. The van der Waals surface area contributed by atoms with Crippen LogP contribution in [0.25, 0.3) is 0 Å². The summed E-state index contributed by atoms with van der Waals surface area (Å²) in [5.41, 5.74) is 6.53. The van der Waals surface area contributed by atoms with Crippen LogP contribution in [0.5, 0.6) is 5.75 Å². The number of hydrogen-bond donors (Lipinski definition) is 2. The lowest BCUT2D eigenvalue weighted by molar-refractivity contribution is -0.131. The van der Waals surface area contributed by atoms with Gasteiger partial charge in [-0.2, -0.15) is 0 Å². The number of hydrogen-bond acceptors (Lipinski definition) is 4. The highest BCUT2D eigenvalue weighted by Gasteiger charge is 2.20. The Bertz CT molecular complexity index is 807. The molecular formula is C18H17BrN2O4. The summed E-state index contributed by atoms with van der Waals surface area (Å²) in [5.74, 6) is -1.35. The van der Waals surface area contributed by atoms with E-state index in [1.54, 1.807) is 18.2 Å². The molecule has 0 saturated carbocycles. The van der Waals surface area contributed by atoms with Crippen LogP contribution in [-0.4, -0.2) is 23.8 Å². The largest absolute Gasteiger partial charge is 0.427 e. The van der Waals surface area contributed by atoms with Gasteiger partial charge in [0.1, 0.15) is 11.8 Å². The van der Waals surface area contributed by atoms with Crippen molar-refractivity contribution >= 4 is 33.7 Å². The van der Waals surface area contributed by atoms with Gasteiger partial charge in [0, 0.05) is 23.4 Å². The van der Waals surface area contributed by atoms with E-state index in [1.807, 2.05) is 24.3 Å². The average molecular weight is 405 g/mol. The number of amides is 2. The molecule has 0 bridgehead atoms. The van der Waals surface area contributed by atoms with Crippen molar-refractivity contribution in [1.82, 2.24) is 5.32 Å². The fraction of sp³-hybridized carbons (Fsp3) is 0.167. The fourth-order valence-corrected chi connectivity index (χ4v) is 2.66. The van der Waals surface area contributed by atoms with Gasteiger partial charge in [0.05, 0.1) is 0 Å². The van der Waals surface area contributed by atoms with Crippen molar-refractivity contribution in [3.63, 3.8) is 0 Å². The predicted octanol–water partition coefficient (Wildman–Crippen LogP) is 2.20. The van der Waals surface area contributed by atoms with Gasteiger partial charge in [0.2, 0.25) is 5.91 Å². The van der Waals surface area contributed by atoms with Gasteiger partial charge in [-0.05, 0) is 29.8 Å². The van der Waals surface area contributed by atoms with E-state index in [0.717, 1.165) is 10.0 Å². The molecule has 3 N–H and O–H groups in total. The Morgan fingerprint density at radius 1 is 1.16 bits per heavy atom. The third-order valence-corrected chi connectivity index (χ3v) is 4.16. The van der Waals surface area contributed by atoms with Gasteiger partial charge in [-0.1, -0.05) is 40.2 Å². The highest BCUT2D eigenvalue weighted by molar-refractivity contribution is 9.10. The summed E-state index contributed by atoms with van der Waals surface area (Å²) < 4.78 is 5.78. The van der Waals surface area contributed by atoms with Crippen molar-refractivity contribution in [2.24, 2.45) is 5.73 Å². The molecule has 0 aromatic heterocycles. The van der Waals surface area contributed by atoms with Crippen molar-refractivity contribution in [3.05, 3.63) is 64.1 Å². The van der Waals surface area contributed by atoms with Gasteiger partial charge >= 0.3 is 5.97 Å². The van der Waals surface area contributed by atoms with Gasteiger partial charge in [-0.3, -0.25) is 14.4 Å². The summed E-state index contributed by atoms with van der Waals surface area (Å²) in [7, 11) is 0. The minimum absolute atomic E-state index is 0.251. The number of nitrogens with one attached hydrogen (secondary N) is 1. The quantitative estimate of drug-likeness (QED) is 0.569. The maximum atomic E-state index is 12.4. The van der Waals surface area contributed by atoms with Gasteiger partial charge in [0.25, 0.3) is 5.91 Å². The zero-order valence-corrected chi connectivity index (χ0v) is 15.1. The minimum Gasteiger partial charge on any atom is -0.427 e. The van der Waals surface area contributed by atoms with Crippen molar-refractivity contribution in [3.8, 4) is 5.75 Å². The van der Waals surface area contributed by atoms with Gasteiger partial charge < -0.3 is 15.8 Å². The zero-order valence-electron chi connectivity index (χ0n) is 13.5. The Morgan fingerprint density at radius 2 is 1.88 bits per heavy atom. The Hall–Kier alpha value is -2.67. The molecule has 1 atom stereocenters. The summed E-state index contributed by atoms with van der Waals surface area (Å²) in [6.45, 7) is 1.27. The number of esters is 1. The third kappa shape index (κ3) is 5.42. The van der Waals surface area contributed by atoms with E-state index in [1.165, 1.54) is 13.0 Å². The van der Waals surface area contributed by atoms with Crippen LogP contribution in [0.4, 0.5) is 0 Å². The molecule has 2 aromatic rings. The zero-order chi connectivity index (χ0) is 18.4. The van der Waals surface area contributed by atoms with Crippen LogP contribution in [0.2, 0.25) is 0 Å². The van der Waals surface area contributed by atoms with E-state index >= 15 is 0 Å². The monoisotopic (exact) mass is 404 g/mol. The van der Waals surface area contributed by atoms with E-state index in [9.17, 15) is 14.4 Å². The third-order valence-electron chi connectivity index (χ3n) is 3.39. The van der Waals surface area contributed by atoms with Crippen LogP contribution in [0.1, 0.15) is 22.8 Å². The van der Waals surface area contributed by atoms with E-state index in [0.29, 0.717) is 0 Å². The van der Waals surface area contributed by atoms with Crippen molar-refractivity contribution < 1.29 is 19.1 Å². The predicted molar refractivity (Wildman–Crippen MR) is 96.0 cm³/mol. The molecule has 0 radical (unpaired) electrons. The second-order valence-corrected chi connectivity index (χ2v) is 6.20. The molecular weight excluding hydrogens is 388 g/mol. The van der Waals surface area contributed by atoms with Gasteiger partial charge in [-0.15, -0.1) is 0 Å². The van der Waals surface area contributed by atoms with Crippen LogP contribution >= 0.6 is 15.9 Å². The Balaban J connectivity index is 2.14. The number of nitrogens with two attached hydrogens (primary N) is 1. The molecule has 0 unspecified atom stereocenters. The Kier molecular flexibility index (Phi) is 6.30. The topological polar surface area (TPSA) is 98.5 Å². The SMILES string of the molecule is CC(=O)Oc1cccc(C(=O)N[C@@H](Cc2ccccc2Br)C(N)=O)c1. The normalized spacial score (nSPS) is 11.4. The number of carbonyl (C=O) groups excluding carboxylic acids is 3. The first-order valence-electron chi connectivity index (χ1n) is 7.49. The lowest BCUT2D eigenvalue weighted by Gasteiger charge is -2.16. The van der Waals surface area contributed by atoms with Crippen LogP contribution in [0.3, 0.4) is 0 Å². The summed E-state index contributed by atoms with van der Waals surface area (Å²) >= 11 is 3.40. The first-order chi connectivity index (χ1) is 11.9. The summed E-state index contributed by atoms with van der Waals surface area (Å²) in [6, 6.07) is 12.6. The second-order valence-electron chi connectivity index (χ2n) is 5.35. The van der Waals surface area contributed by atoms with Crippen molar-refractivity contribution in [1.29, 1.82) is 0 Å². The lowest BCUT2D eigenvalue weighted by Crippen LogP contribution is -2.45. The van der Waals surface area contributed by atoms with E-state index < -0.39 is 23.8 Å². The first kappa shape index (κ1) is 18.7. The molecule has 0 aliphatic heterocycles. The molecule has 0 heterocycles. The summed E-state index contributed by atoms with van der Waals surface area (Å²) in [5, 5.41) is 2.61. The van der Waals surface area contributed by atoms with Gasteiger partial charge in [0.15, 0.2) is 0 Å². The van der Waals surface area contributed by atoms with Crippen LogP contribution in [0.15, 0.2) is 53.0 Å². The number of rotatable bonds is 6. The minimum atomic E-state index is -0.872. The Morgan fingerprint density at radius 3 is 2.52 bits per heavy atom. The maximum Gasteiger partial charge on any atom is 0.308 e. The lowest BCUT2D eigenvalue weighted by atomic mass is 10.0. The number of primary amides is 1. The molecule has 0 saturated heterocycles. The van der Waals surface area contributed by atoms with Crippen molar-refractivity contribution in [2.75, 3.05) is 0 Å². The molecule has 2 aromatic carbocycles. The first-order valence-corrected chi connectivity index (χ1v) is 8.28. The summed E-state index contributed by atoms with van der Waals surface area (Å²) in [4.78, 5) is 35.1. The molecule has 0 aliphatic rings. The van der Waals surface area contributed by atoms with Crippen LogP contribution < -0.4 is 15.8 Å². The molecule has 7 heteroatoms. The second kappa shape index (κ2) is 8.43. The number of ether oxygens (including phenoxy) is 1. The van der Waals surface area contributed by atoms with E-state index in [4.69, 9.17) is 10.5 Å². The number of carbonyl (C=O) groups is 3. The number of benzene rings is 2. The fourth-order valence-electron chi connectivity index (χ4n) is 2.21. The van der Waals surface area contributed by atoms with Crippen LogP contribution in [-0.2, 0) is 16.0 Å². The molecule has 25 heavy (non-hydrogen) atoms. The number of halogens is 1. The maximum absolute atomic E-state index is 12.4. The van der Waals surface area contributed by atoms with Gasteiger partial charge in [-0.25, -0.2) is 0 Å². The molecule has 2 amide bonds.